The minimum absolute atomic E-state index is 0.208. The van der Waals surface area contributed by atoms with Gasteiger partial charge in [0.1, 0.15) is 11.4 Å². The Morgan fingerprint density at radius 3 is 2.46 bits per heavy atom. The number of rotatable bonds is 5. The third-order valence-electron chi connectivity index (χ3n) is 3.74. The molecule has 0 fully saturated rings. The summed E-state index contributed by atoms with van der Waals surface area (Å²) in [6, 6.07) is 15.5. The summed E-state index contributed by atoms with van der Waals surface area (Å²) in [5.74, 6) is -0.690. The molecule has 1 aromatic heterocycles. The number of nitrogens with one attached hydrogen (secondary N) is 1. The van der Waals surface area contributed by atoms with Crippen molar-refractivity contribution in [2.24, 2.45) is 0 Å². The predicted molar refractivity (Wildman–Crippen MR) is 97.8 cm³/mol. The van der Waals surface area contributed by atoms with Crippen LogP contribution in [-0.2, 0) is 4.74 Å². The molecule has 0 saturated heterocycles. The number of aromatic nitrogens is 2. The number of halogens is 1. The fraction of sp³-hybridized carbons (Fsp3) is 0.150. The molecule has 0 aliphatic heterocycles. The van der Waals surface area contributed by atoms with Crippen molar-refractivity contribution >= 4 is 17.6 Å². The number of anilines is 2. The van der Waals surface area contributed by atoms with Gasteiger partial charge in [-0.25, -0.2) is 19.2 Å². The molecule has 0 aliphatic rings. The first-order chi connectivity index (χ1) is 12.6. The number of carbonyl (C=O) groups excluding carboxylic acids is 1. The Morgan fingerprint density at radius 1 is 1.08 bits per heavy atom. The van der Waals surface area contributed by atoms with Crippen LogP contribution in [-0.4, -0.2) is 22.5 Å². The number of ether oxygens (including phenoxy) is 1. The van der Waals surface area contributed by atoms with E-state index in [9.17, 15) is 9.18 Å². The molecule has 3 rings (SSSR count). The van der Waals surface area contributed by atoms with Crippen LogP contribution >= 0.6 is 0 Å². The second-order valence-electron chi connectivity index (χ2n) is 5.55. The highest BCUT2D eigenvalue weighted by Gasteiger charge is 2.21. The molecule has 1 heterocycles. The minimum Gasteiger partial charge on any atom is -0.462 e. The Hall–Kier alpha value is -3.28. The third-order valence-corrected chi connectivity index (χ3v) is 3.74. The van der Waals surface area contributed by atoms with E-state index in [1.165, 1.54) is 6.07 Å². The first-order valence-electron chi connectivity index (χ1n) is 8.23. The van der Waals surface area contributed by atoms with Crippen LogP contribution in [0.4, 0.5) is 16.0 Å². The first-order valence-corrected chi connectivity index (χ1v) is 8.23. The molecule has 132 valence electrons. The molecule has 0 radical (unpaired) electrons. The van der Waals surface area contributed by atoms with Crippen LogP contribution in [0.25, 0.3) is 11.3 Å². The summed E-state index contributed by atoms with van der Waals surface area (Å²) >= 11 is 0. The van der Waals surface area contributed by atoms with E-state index in [1.807, 2.05) is 30.3 Å². The molecular weight excluding hydrogens is 333 g/mol. The van der Waals surface area contributed by atoms with Gasteiger partial charge in [-0.3, -0.25) is 0 Å². The van der Waals surface area contributed by atoms with E-state index >= 15 is 0 Å². The standard InChI is InChI=1S/C20H18FN3O2/c1-3-26-19(25)17-13(2)22-20(23-16-12-8-7-11-15(16)21)24-18(17)14-9-5-4-6-10-14/h4-12H,3H2,1-2H3,(H,22,23,24). The molecule has 0 aliphatic carbocycles. The van der Waals surface area contributed by atoms with E-state index < -0.39 is 11.8 Å². The summed E-state index contributed by atoms with van der Waals surface area (Å²) in [5, 5.41) is 2.87. The number of carbonyl (C=O) groups is 1. The maximum Gasteiger partial charge on any atom is 0.342 e. The van der Waals surface area contributed by atoms with Gasteiger partial charge < -0.3 is 10.1 Å². The number of nitrogens with zero attached hydrogens (tertiary/aromatic N) is 2. The fourth-order valence-electron chi connectivity index (χ4n) is 2.56. The van der Waals surface area contributed by atoms with E-state index in [1.54, 1.807) is 32.0 Å². The summed E-state index contributed by atoms with van der Waals surface area (Å²) < 4.78 is 19.1. The van der Waals surface area contributed by atoms with Crippen molar-refractivity contribution in [2.75, 3.05) is 11.9 Å². The Kier molecular flexibility index (Phi) is 5.22. The molecule has 2 aromatic carbocycles. The second kappa shape index (κ2) is 7.74. The van der Waals surface area contributed by atoms with Crippen molar-refractivity contribution in [3.8, 4) is 11.3 Å². The van der Waals surface area contributed by atoms with E-state index in [-0.39, 0.29) is 18.2 Å². The SMILES string of the molecule is CCOC(=O)c1c(C)nc(Nc2ccccc2F)nc1-c1ccccc1. The van der Waals surface area contributed by atoms with Crippen LogP contribution in [0.5, 0.6) is 0 Å². The first kappa shape index (κ1) is 17.5. The molecule has 0 saturated carbocycles. The predicted octanol–water partition coefficient (Wildman–Crippen LogP) is 4.51. The number of benzene rings is 2. The van der Waals surface area contributed by atoms with Crippen LogP contribution in [0.1, 0.15) is 23.0 Å². The zero-order chi connectivity index (χ0) is 18.5. The van der Waals surface area contributed by atoms with E-state index in [4.69, 9.17) is 4.74 Å². The molecule has 6 heteroatoms. The summed E-state index contributed by atoms with van der Waals surface area (Å²) in [6.07, 6.45) is 0. The summed E-state index contributed by atoms with van der Waals surface area (Å²) in [6.45, 7) is 3.69. The van der Waals surface area contributed by atoms with Gasteiger partial charge in [0.25, 0.3) is 0 Å². The Bertz CT molecular complexity index is 930. The zero-order valence-corrected chi connectivity index (χ0v) is 14.5. The third kappa shape index (κ3) is 3.69. The molecule has 0 atom stereocenters. The van der Waals surface area contributed by atoms with E-state index in [0.29, 0.717) is 17.0 Å². The molecule has 0 amide bonds. The van der Waals surface area contributed by atoms with Gasteiger partial charge in [-0.2, -0.15) is 0 Å². The van der Waals surface area contributed by atoms with Crippen LogP contribution < -0.4 is 5.32 Å². The number of aryl methyl sites for hydroxylation is 1. The quantitative estimate of drug-likeness (QED) is 0.685. The Balaban J connectivity index is 2.10. The highest BCUT2D eigenvalue weighted by Crippen LogP contribution is 2.27. The maximum atomic E-state index is 13.9. The topological polar surface area (TPSA) is 64.1 Å². The number of hydrogen-bond donors (Lipinski definition) is 1. The van der Waals surface area contributed by atoms with Crippen molar-refractivity contribution in [2.45, 2.75) is 13.8 Å². The van der Waals surface area contributed by atoms with Gasteiger partial charge in [-0.05, 0) is 26.0 Å². The summed E-state index contributed by atoms with van der Waals surface area (Å²) in [4.78, 5) is 21.2. The molecule has 0 unspecified atom stereocenters. The van der Waals surface area contributed by atoms with Crippen molar-refractivity contribution < 1.29 is 13.9 Å². The highest BCUT2D eigenvalue weighted by molar-refractivity contribution is 5.97. The van der Waals surface area contributed by atoms with Gasteiger partial charge in [0.15, 0.2) is 0 Å². The normalized spacial score (nSPS) is 10.4. The van der Waals surface area contributed by atoms with Crippen molar-refractivity contribution in [3.05, 3.63) is 71.7 Å². The Labute approximate surface area is 150 Å². The van der Waals surface area contributed by atoms with E-state index in [0.717, 1.165) is 5.56 Å². The van der Waals surface area contributed by atoms with E-state index in [2.05, 4.69) is 15.3 Å². The molecule has 5 nitrogen and oxygen atoms in total. The average molecular weight is 351 g/mol. The Morgan fingerprint density at radius 2 is 1.77 bits per heavy atom. The van der Waals surface area contributed by atoms with Gasteiger partial charge >= 0.3 is 5.97 Å². The largest absolute Gasteiger partial charge is 0.462 e. The van der Waals surface area contributed by atoms with Crippen LogP contribution in [0.2, 0.25) is 0 Å². The highest BCUT2D eigenvalue weighted by atomic mass is 19.1. The smallest absolute Gasteiger partial charge is 0.342 e. The van der Waals surface area contributed by atoms with Crippen molar-refractivity contribution in [3.63, 3.8) is 0 Å². The molecule has 1 N–H and O–H groups in total. The lowest BCUT2D eigenvalue weighted by molar-refractivity contribution is 0.0525. The van der Waals surface area contributed by atoms with Crippen LogP contribution in [0.3, 0.4) is 0 Å². The van der Waals surface area contributed by atoms with Crippen LogP contribution in [0, 0.1) is 12.7 Å². The lowest BCUT2D eigenvalue weighted by Gasteiger charge is -2.14. The van der Waals surface area contributed by atoms with Gasteiger partial charge in [0.05, 0.1) is 23.7 Å². The minimum atomic E-state index is -0.485. The molecule has 0 bridgehead atoms. The van der Waals surface area contributed by atoms with Gasteiger partial charge in [-0.15, -0.1) is 0 Å². The zero-order valence-electron chi connectivity index (χ0n) is 14.5. The van der Waals surface area contributed by atoms with Crippen molar-refractivity contribution in [1.82, 2.24) is 9.97 Å². The van der Waals surface area contributed by atoms with Gasteiger partial charge in [0.2, 0.25) is 5.95 Å². The monoisotopic (exact) mass is 351 g/mol. The van der Waals surface area contributed by atoms with Gasteiger partial charge in [0, 0.05) is 5.56 Å². The molecular formula is C20H18FN3O2. The number of para-hydroxylation sites is 1. The lowest BCUT2D eigenvalue weighted by atomic mass is 10.0. The maximum absolute atomic E-state index is 13.9. The molecule has 0 spiro atoms. The lowest BCUT2D eigenvalue weighted by Crippen LogP contribution is -2.13. The fourth-order valence-corrected chi connectivity index (χ4v) is 2.56. The van der Waals surface area contributed by atoms with Gasteiger partial charge in [-0.1, -0.05) is 42.5 Å². The average Bonchev–Trinajstić information content (AvgIpc) is 2.64. The second-order valence-corrected chi connectivity index (χ2v) is 5.55. The van der Waals surface area contributed by atoms with Crippen molar-refractivity contribution in [1.29, 1.82) is 0 Å². The molecule has 26 heavy (non-hydrogen) atoms. The summed E-state index contributed by atoms with van der Waals surface area (Å²) in [5.41, 5.74) is 2.20. The number of hydrogen-bond acceptors (Lipinski definition) is 5. The number of esters is 1. The summed E-state index contributed by atoms with van der Waals surface area (Å²) in [7, 11) is 0. The van der Waals surface area contributed by atoms with Crippen LogP contribution in [0.15, 0.2) is 54.6 Å². The molecule has 3 aromatic rings.